The van der Waals surface area contributed by atoms with Gasteiger partial charge in [0.15, 0.2) is 0 Å². The first kappa shape index (κ1) is 13.7. The van der Waals surface area contributed by atoms with E-state index in [0.29, 0.717) is 22.3 Å². The fourth-order valence-corrected chi connectivity index (χ4v) is 2.04. The minimum Gasteiger partial charge on any atom is -0.396 e. The average Bonchev–Trinajstić information content (AvgIpc) is 2.80. The van der Waals surface area contributed by atoms with Crippen molar-refractivity contribution < 1.29 is 4.79 Å². The molecule has 0 bridgehead atoms. The van der Waals surface area contributed by atoms with Crippen LogP contribution in [0.2, 0.25) is 10.0 Å². The maximum atomic E-state index is 12.1. The molecule has 0 spiro atoms. The molecule has 1 amide bonds. The van der Waals surface area contributed by atoms with Gasteiger partial charge in [0.2, 0.25) is 0 Å². The van der Waals surface area contributed by atoms with Crippen molar-refractivity contribution in [3.8, 4) is 0 Å². The summed E-state index contributed by atoms with van der Waals surface area (Å²) in [5.41, 5.74) is 6.98. The summed E-state index contributed by atoms with van der Waals surface area (Å²) in [6, 6.07) is 5.29. The van der Waals surface area contributed by atoms with Crippen LogP contribution in [0.4, 0.5) is 5.69 Å². The van der Waals surface area contributed by atoms with Crippen molar-refractivity contribution in [3.05, 3.63) is 45.7 Å². The van der Waals surface area contributed by atoms with Gasteiger partial charge in [0.25, 0.3) is 5.91 Å². The second-order valence-corrected chi connectivity index (χ2v) is 4.86. The maximum absolute atomic E-state index is 12.1. The Hall–Kier alpha value is -1.72. The van der Waals surface area contributed by atoms with Crippen LogP contribution in [-0.2, 0) is 6.54 Å². The van der Waals surface area contributed by atoms with E-state index in [4.69, 9.17) is 28.9 Å². The minimum atomic E-state index is -0.258. The van der Waals surface area contributed by atoms with E-state index in [1.165, 1.54) is 11.1 Å². The molecule has 0 fully saturated rings. The summed E-state index contributed by atoms with van der Waals surface area (Å²) in [6.45, 7) is 0.330. The number of aromatic nitrogens is 2. The normalized spacial score (nSPS) is 10.5. The number of anilines is 1. The van der Waals surface area contributed by atoms with Crippen LogP contribution in [0.15, 0.2) is 24.4 Å². The highest BCUT2D eigenvalue weighted by Crippen LogP contribution is 2.26. The Morgan fingerprint density at radius 1 is 1.47 bits per heavy atom. The van der Waals surface area contributed by atoms with Gasteiger partial charge in [0, 0.05) is 13.6 Å². The van der Waals surface area contributed by atoms with Crippen molar-refractivity contribution in [2.24, 2.45) is 0 Å². The van der Waals surface area contributed by atoms with Crippen LogP contribution in [-0.4, -0.2) is 28.1 Å². The van der Waals surface area contributed by atoms with Crippen LogP contribution in [0.1, 0.15) is 16.1 Å². The van der Waals surface area contributed by atoms with Crippen molar-refractivity contribution in [1.82, 2.24) is 15.1 Å². The Labute approximate surface area is 120 Å². The lowest BCUT2D eigenvalue weighted by molar-refractivity contribution is 0.0780. The number of nitrogen functional groups attached to an aromatic ring is 1. The molecular formula is C12H12Cl2N4O. The number of amides is 1. The second-order valence-electron chi connectivity index (χ2n) is 4.07. The Bertz CT molecular complexity index is 612. The first-order chi connectivity index (χ1) is 9.00. The zero-order valence-corrected chi connectivity index (χ0v) is 11.7. The molecule has 0 aliphatic carbocycles. The lowest BCUT2D eigenvalue weighted by Gasteiger charge is -2.17. The SMILES string of the molecule is CN(Cc1cccc(Cl)c1Cl)C(=O)c1[nH]ncc1N. The topological polar surface area (TPSA) is 75.0 Å². The van der Waals surface area contributed by atoms with E-state index in [1.54, 1.807) is 19.2 Å². The Balaban J connectivity index is 2.18. The van der Waals surface area contributed by atoms with E-state index in [-0.39, 0.29) is 11.6 Å². The van der Waals surface area contributed by atoms with E-state index in [1.807, 2.05) is 6.07 Å². The highest BCUT2D eigenvalue weighted by Gasteiger charge is 2.17. The molecule has 0 aliphatic heterocycles. The number of hydrogen-bond acceptors (Lipinski definition) is 3. The third-order valence-electron chi connectivity index (χ3n) is 2.67. The van der Waals surface area contributed by atoms with Gasteiger partial charge in [-0.2, -0.15) is 5.10 Å². The Morgan fingerprint density at radius 2 is 2.21 bits per heavy atom. The number of carbonyl (C=O) groups excluding carboxylic acids is 1. The molecule has 19 heavy (non-hydrogen) atoms. The molecule has 1 aromatic carbocycles. The van der Waals surface area contributed by atoms with Gasteiger partial charge in [-0.15, -0.1) is 0 Å². The summed E-state index contributed by atoms with van der Waals surface area (Å²) in [4.78, 5) is 13.6. The minimum absolute atomic E-state index is 0.258. The van der Waals surface area contributed by atoms with E-state index in [2.05, 4.69) is 10.2 Å². The van der Waals surface area contributed by atoms with Gasteiger partial charge in [-0.25, -0.2) is 0 Å². The summed E-state index contributed by atoms with van der Waals surface area (Å²) >= 11 is 12.0. The van der Waals surface area contributed by atoms with Gasteiger partial charge in [-0.1, -0.05) is 35.3 Å². The van der Waals surface area contributed by atoms with E-state index in [0.717, 1.165) is 5.56 Å². The lowest BCUT2D eigenvalue weighted by Crippen LogP contribution is -2.27. The smallest absolute Gasteiger partial charge is 0.274 e. The maximum Gasteiger partial charge on any atom is 0.274 e. The van der Waals surface area contributed by atoms with Crippen LogP contribution in [0.25, 0.3) is 0 Å². The predicted molar refractivity (Wildman–Crippen MR) is 75.3 cm³/mol. The van der Waals surface area contributed by atoms with Crippen molar-refractivity contribution >= 4 is 34.8 Å². The lowest BCUT2D eigenvalue weighted by atomic mass is 10.2. The number of nitrogens with one attached hydrogen (secondary N) is 1. The van der Waals surface area contributed by atoms with Crippen molar-refractivity contribution in [3.63, 3.8) is 0 Å². The molecular weight excluding hydrogens is 287 g/mol. The molecule has 7 heteroatoms. The number of rotatable bonds is 3. The van der Waals surface area contributed by atoms with Crippen molar-refractivity contribution in [2.75, 3.05) is 12.8 Å². The first-order valence-corrected chi connectivity index (χ1v) is 6.23. The van der Waals surface area contributed by atoms with Gasteiger partial charge in [-0.3, -0.25) is 9.89 Å². The van der Waals surface area contributed by atoms with Gasteiger partial charge in [0.05, 0.1) is 21.9 Å². The van der Waals surface area contributed by atoms with Gasteiger partial charge < -0.3 is 10.6 Å². The molecule has 2 aromatic rings. The molecule has 0 radical (unpaired) electrons. The Kier molecular flexibility index (Phi) is 3.97. The van der Waals surface area contributed by atoms with Gasteiger partial charge in [-0.05, 0) is 11.6 Å². The average molecular weight is 299 g/mol. The van der Waals surface area contributed by atoms with Crippen LogP contribution in [0, 0.1) is 0 Å². The van der Waals surface area contributed by atoms with Crippen molar-refractivity contribution in [1.29, 1.82) is 0 Å². The largest absolute Gasteiger partial charge is 0.396 e. The first-order valence-electron chi connectivity index (χ1n) is 5.48. The molecule has 2 rings (SSSR count). The summed E-state index contributed by atoms with van der Waals surface area (Å²) < 4.78 is 0. The van der Waals surface area contributed by atoms with Gasteiger partial charge in [0.1, 0.15) is 5.69 Å². The number of hydrogen-bond donors (Lipinski definition) is 2. The number of H-pyrrole nitrogens is 1. The van der Waals surface area contributed by atoms with Gasteiger partial charge >= 0.3 is 0 Å². The number of halogens is 2. The van der Waals surface area contributed by atoms with E-state index < -0.39 is 0 Å². The molecule has 0 aliphatic rings. The highest BCUT2D eigenvalue weighted by atomic mass is 35.5. The molecule has 1 aromatic heterocycles. The number of carbonyl (C=O) groups is 1. The van der Waals surface area contributed by atoms with E-state index in [9.17, 15) is 4.79 Å². The highest BCUT2D eigenvalue weighted by molar-refractivity contribution is 6.42. The quantitative estimate of drug-likeness (QED) is 0.914. The fraction of sp³-hybridized carbons (Fsp3) is 0.167. The number of nitrogens with zero attached hydrogens (tertiary/aromatic N) is 2. The zero-order valence-electron chi connectivity index (χ0n) is 10.2. The summed E-state index contributed by atoms with van der Waals surface area (Å²) in [5.74, 6) is -0.258. The van der Waals surface area contributed by atoms with Crippen LogP contribution < -0.4 is 5.73 Å². The molecule has 0 atom stereocenters. The van der Waals surface area contributed by atoms with Crippen LogP contribution >= 0.6 is 23.2 Å². The molecule has 5 nitrogen and oxygen atoms in total. The number of aromatic amines is 1. The Morgan fingerprint density at radius 3 is 2.84 bits per heavy atom. The third-order valence-corrected chi connectivity index (χ3v) is 3.53. The summed E-state index contributed by atoms with van der Waals surface area (Å²) in [6.07, 6.45) is 1.40. The molecule has 0 unspecified atom stereocenters. The molecule has 3 N–H and O–H groups in total. The van der Waals surface area contributed by atoms with Crippen LogP contribution in [0.5, 0.6) is 0 Å². The molecule has 0 saturated carbocycles. The number of benzene rings is 1. The third kappa shape index (κ3) is 2.83. The summed E-state index contributed by atoms with van der Waals surface area (Å²) in [5, 5.41) is 7.20. The van der Waals surface area contributed by atoms with Crippen LogP contribution in [0.3, 0.4) is 0 Å². The monoisotopic (exact) mass is 298 g/mol. The fourth-order valence-electron chi connectivity index (χ4n) is 1.66. The van der Waals surface area contributed by atoms with Crippen molar-refractivity contribution in [2.45, 2.75) is 6.54 Å². The molecule has 1 heterocycles. The predicted octanol–water partition coefficient (Wildman–Crippen LogP) is 2.57. The zero-order chi connectivity index (χ0) is 14.0. The second kappa shape index (κ2) is 5.50. The molecule has 100 valence electrons. The molecule has 0 saturated heterocycles. The standard InChI is InChI=1S/C12H12Cl2N4O/c1-18(12(19)11-9(15)5-16-17-11)6-7-3-2-4-8(13)10(7)14/h2-5H,6,15H2,1H3,(H,16,17). The number of nitrogens with two attached hydrogens (primary N) is 1. The summed E-state index contributed by atoms with van der Waals surface area (Å²) in [7, 11) is 1.65. The van der Waals surface area contributed by atoms with E-state index >= 15 is 0 Å².